The van der Waals surface area contributed by atoms with E-state index in [4.69, 9.17) is 9.26 Å². The number of carbonyl (C=O) groups excluding carboxylic acids is 3. The van der Waals surface area contributed by atoms with E-state index in [0.29, 0.717) is 13.0 Å². The summed E-state index contributed by atoms with van der Waals surface area (Å²) in [6, 6.07) is 20.5. The normalized spacial score (nSPS) is 15.7. The number of hydrogen-bond donors (Lipinski definition) is 3. The first-order chi connectivity index (χ1) is 33.4. The Morgan fingerprint density at radius 2 is 1.64 bits per heavy atom. The van der Waals surface area contributed by atoms with Crippen molar-refractivity contribution in [3.8, 4) is 27.3 Å². The van der Waals surface area contributed by atoms with Crippen molar-refractivity contribution >= 4 is 46.4 Å². The van der Waals surface area contributed by atoms with Crippen molar-refractivity contribution in [3.63, 3.8) is 0 Å². The Balaban J connectivity index is 0.950. The molecule has 16 heteroatoms. The summed E-state index contributed by atoms with van der Waals surface area (Å²) in [5.74, 6) is -1.01. The number of nitrogens with zero attached hydrogens (tertiary/aromatic N) is 6. The van der Waals surface area contributed by atoms with Crippen molar-refractivity contribution in [1.29, 1.82) is 0 Å². The monoisotopic (exact) mass is 970 g/mol. The van der Waals surface area contributed by atoms with Gasteiger partial charge in [-0.05, 0) is 131 Å². The molecule has 0 unspecified atom stereocenters. The van der Waals surface area contributed by atoms with Gasteiger partial charge in [0.15, 0.2) is 0 Å². The van der Waals surface area contributed by atoms with E-state index in [9.17, 15) is 24.3 Å². The van der Waals surface area contributed by atoms with E-state index in [-0.39, 0.29) is 37.9 Å². The summed E-state index contributed by atoms with van der Waals surface area (Å²) in [4.78, 5) is 67.3. The second-order valence-electron chi connectivity index (χ2n) is 19.5. The Morgan fingerprint density at radius 3 is 2.27 bits per heavy atom. The number of anilines is 2. The van der Waals surface area contributed by atoms with Crippen LogP contribution in [0.15, 0.2) is 89.2 Å². The number of likely N-dealkylation sites (tertiary alicyclic amines) is 1. The molecule has 0 saturated carbocycles. The number of ether oxygens (including phenoxy) is 1. The maximum atomic E-state index is 14.5. The minimum atomic E-state index is -1.00. The molecule has 1 fully saturated rings. The Kier molecular flexibility index (Phi) is 16.4. The lowest BCUT2D eigenvalue weighted by atomic mass is 9.85. The molecule has 4 heterocycles. The molecule has 7 rings (SSSR count). The van der Waals surface area contributed by atoms with E-state index >= 15 is 0 Å². The van der Waals surface area contributed by atoms with Crippen LogP contribution in [0.25, 0.3) is 27.3 Å². The molecule has 1 aliphatic heterocycles. The zero-order valence-corrected chi connectivity index (χ0v) is 42.6. The minimum absolute atomic E-state index is 0.0829. The van der Waals surface area contributed by atoms with E-state index in [1.165, 1.54) is 4.90 Å². The van der Waals surface area contributed by atoms with Gasteiger partial charge in [0.2, 0.25) is 17.7 Å². The third kappa shape index (κ3) is 12.2. The molecule has 1 saturated heterocycles. The SMILES string of the molecule is Cc1ccc(-c2c(C)noc2C)cc1N(CCCCCOCC(=O)N[C@H](C(=O)N1C[C@@H](CC(=O)O)C[C@H]1C(=O)N[C@@H](C)c1ccc(-c2scnc2C)cc1)C(C)(C)C)c1ccc(-n2ccnc2C)cc1. The van der Waals surface area contributed by atoms with E-state index in [1.54, 1.807) is 17.5 Å². The quantitative estimate of drug-likeness (QED) is 0.0619. The maximum Gasteiger partial charge on any atom is 0.303 e. The van der Waals surface area contributed by atoms with Crippen LogP contribution in [0, 0.1) is 46.0 Å². The number of aromatic nitrogens is 4. The Labute approximate surface area is 414 Å². The van der Waals surface area contributed by atoms with Crippen LogP contribution in [0.2, 0.25) is 0 Å². The van der Waals surface area contributed by atoms with Crippen LogP contribution in [0.1, 0.15) is 99.9 Å². The van der Waals surface area contributed by atoms with Crippen LogP contribution in [0.5, 0.6) is 0 Å². The molecule has 0 bridgehead atoms. The van der Waals surface area contributed by atoms with Crippen LogP contribution in [0.4, 0.5) is 11.4 Å². The lowest BCUT2D eigenvalue weighted by molar-refractivity contribution is -0.144. The van der Waals surface area contributed by atoms with Gasteiger partial charge >= 0.3 is 5.97 Å². The number of carbonyl (C=O) groups is 4. The molecule has 0 spiro atoms. The number of carboxylic acid groups (broad SMARTS) is 1. The first-order valence-corrected chi connectivity index (χ1v) is 24.9. The zero-order valence-electron chi connectivity index (χ0n) is 41.7. The van der Waals surface area contributed by atoms with Gasteiger partial charge in [0.25, 0.3) is 0 Å². The number of benzene rings is 3. The highest BCUT2D eigenvalue weighted by atomic mass is 32.1. The largest absolute Gasteiger partial charge is 0.481 e. The van der Waals surface area contributed by atoms with E-state index in [2.05, 4.69) is 84.6 Å². The van der Waals surface area contributed by atoms with Crippen LogP contribution in [-0.4, -0.2) is 91.8 Å². The summed E-state index contributed by atoms with van der Waals surface area (Å²) in [6.07, 6.45) is 6.15. The van der Waals surface area contributed by atoms with Crippen LogP contribution in [0.3, 0.4) is 0 Å². The molecule has 3 amide bonds. The number of rotatable bonds is 20. The second-order valence-corrected chi connectivity index (χ2v) is 20.4. The third-order valence-corrected chi connectivity index (χ3v) is 14.1. The van der Waals surface area contributed by atoms with Crippen LogP contribution in [-0.2, 0) is 23.9 Å². The molecule has 0 aliphatic carbocycles. The Bertz CT molecular complexity index is 2750. The van der Waals surface area contributed by atoms with E-state index < -0.39 is 41.2 Å². The smallest absolute Gasteiger partial charge is 0.303 e. The Morgan fingerprint density at radius 1 is 0.914 bits per heavy atom. The summed E-state index contributed by atoms with van der Waals surface area (Å²) in [7, 11) is 0. The van der Waals surface area contributed by atoms with Gasteiger partial charge < -0.3 is 39.4 Å². The first-order valence-electron chi connectivity index (χ1n) is 24.0. The summed E-state index contributed by atoms with van der Waals surface area (Å²) in [6.45, 7) is 18.3. The number of amides is 3. The summed E-state index contributed by atoms with van der Waals surface area (Å²) < 4.78 is 13.5. The van der Waals surface area contributed by atoms with E-state index in [1.807, 2.05) is 91.4 Å². The topological polar surface area (TPSA) is 185 Å². The van der Waals surface area contributed by atoms with Crippen LogP contribution >= 0.6 is 11.3 Å². The molecular formula is C54H66N8O7S. The number of imidazole rings is 1. The van der Waals surface area contributed by atoms with Crippen molar-refractivity contribution in [1.82, 2.24) is 35.2 Å². The molecular weight excluding hydrogens is 905 g/mol. The summed E-state index contributed by atoms with van der Waals surface area (Å²) in [5, 5.41) is 19.8. The highest BCUT2D eigenvalue weighted by molar-refractivity contribution is 7.13. The number of carboxylic acids is 1. The molecule has 370 valence electrons. The van der Waals surface area contributed by atoms with Gasteiger partial charge in [-0.2, -0.15) is 0 Å². The van der Waals surface area contributed by atoms with Gasteiger partial charge in [-0.3, -0.25) is 19.2 Å². The molecule has 4 atom stereocenters. The molecule has 70 heavy (non-hydrogen) atoms. The third-order valence-electron chi connectivity index (χ3n) is 13.1. The highest BCUT2D eigenvalue weighted by Crippen LogP contribution is 2.37. The fourth-order valence-corrected chi connectivity index (χ4v) is 10.1. The van der Waals surface area contributed by atoms with Gasteiger partial charge in [-0.25, -0.2) is 9.97 Å². The number of hydrogen-bond acceptors (Lipinski definition) is 11. The lowest BCUT2D eigenvalue weighted by Gasteiger charge is -2.35. The van der Waals surface area contributed by atoms with E-state index in [0.717, 1.165) is 92.1 Å². The van der Waals surface area contributed by atoms with Gasteiger partial charge in [-0.1, -0.05) is 62.3 Å². The van der Waals surface area contributed by atoms with Crippen molar-refractivity contribution in [2.24, 2.45) is 11.3 Å². The standard InChI is InChI=1S/C54H66N8O7S/c1-33-13-14-42(49-35(3)59-69-37(49)5)29-45(33)61(44-21-19-43(20-22-44)60-25-23-55-38(60)6)24-11-10-12-26-68-31-47(63)58-51(54(7,8)9)53(67)62-30-39(28-48(64)65)27-46(62)52(66)57-34(2)40-15-17-41(18-16-40)50-36(4)56-32-70-50/h13-23,25,29,32,34,39,46,51H,10-12,24,26-28,30-31H2,1-9H3,(H,57,66)(H,58,63)(H,64,65)/t34-,39+,46-,51+/m0/s1. The molecule has 0 radical (unpaired) electrons. The molecule has 1 aliphatic rings. The number of aryl methyl sites for hydroxylation is 5. The second kappa shape index (κ2) is 22.4. The number of nitrogens with one attached hydrogen (secondary N) is 2. The summed E-state index contributed by atoms with van der Waals surface area (Å²) >= 11 is 1.57. The Hall–Kier alpha value is -6.65. The number of unbranched alkanes of at least 4 members (excludes halogenated alkanes) is 2. The predicted molar refractivity (Wildman–Crippen MR) is 272 cm³/mol. The fourth-order valence-electron chi connectivity index (χ4n) is 9.32. The van der Waals surface area contributed by atoms with Gasteiger partial charge in [-0.15, -0.1) is 11.3 Å². The number of aliphatic carboxylic acids is 1. The van der Waals surface area contributed by atoms with Crippen molar-refractivity contribution in [2.45, 2.75) is 113 Å². The summed E-state index contributed by atoms with van der Waals surface area (Å²) in [5.41, 5.74) is 11.1. The maximum absolute atomic E-state index is 14.5. The highest BCUT2D eigenvalue weighted by Gasteiger charge is 2.45. The first kappa shape index (κ1) is 51.2. The molecule has 3 aromatic carbocycles. The average Bonchev–Trinajstić information content (AvgIpc) is 4.13. The molecule has 3 aromatic heterocycles. The molecule has 15 nitrogen and oxygen atoms in total. The number of thiazole rings is 1. The van der Waals surface area contributed by atoms with Crippen molar-refractivity contribution < 1.29 is 33.5 Å². The zero-order chi connectivity index (χ0) is 50.3. The lowest BCUT2D eigenvalue weighted by Crippen LogP contribution is -2.58. The predicted octanol–water partition coefficient (Wildman–Crippen LogP) is 9.62. The van der Waals surface area contributed by atoms with Crippen LogP contribution < -0.4 is 15.5 Å². The fraction of sp³-hybridized carbons (Fsp3) is 0.426. The van der Waals surface area contributed by atoms with Gasteiger partial charge in [0, 0.05) is 61.1 Å². The van der Waals surface area contributed by atoms with Gasteiger partial charge in [0.1, 0.15) is 30.3 Å². The van der Waals surface area contributed by atoms with Crippen molar-refractivity contribution in [2.75, 3.05) is 31.2 Å². The molecule has 3 N–H and O–H groups in total. The van der Waals surface area contributed by atoms with Crippen molar-refractivity contribution in [3.05, 3.63) is 119 Å². The minimum Gasteiger partial charge on any atom is -0.481 e. The average molecular weight is 971 g/mol. The van der Waals surface area contributed by atoms with Gasteiger partial charge in [0.05, 0.1) is 27.8 Å². The molecule has 6 aromatic rings.